The summed E-state index contributed by atoms with van der Waals surface area (Å²) in [4.78, 5) is 0. The van der Waals surface area contributed by atoms with E-state index in [1.165, 1.54) is 12.1 Å². The Morgan fingerprint density at radius 1 is 1.00 bits per heavy atom. The summed E-state index contributed by atoms with van der Waals surface area (Å²) in [5.41, 5.74) is 1.91. The summed E-state index contributed by atoms with van der Waals surface area (Å²) in [6.07, 6.45) is -4.31. The quantitative estimate of drug-likeness (QED) is 0.848. The van der Waals surface area contributed by atoms with Crippen molar-refractivity contribution in [3.8, 4) is 0 Å². The van der Waals surface area contributed by atoms with Crippen molar-refractivity contribution < 1.29 is 13.2 Å². The van der Waals surface area contributed by atoms with E-state index in [9.17, 15) is 13.2 Å². The lowest BCUT2D eigenvalue weighted by Gasteiger charge is -2.17. The van der Waals surface area contributed by atoms with Crippen LogP contribution in [0.1, 0.15) is 35.2 Å². The van der Waals surface area contributed by atoms with Gasteiger partial charge in [-0.3, -0.25) is 0 Å². The topological polar surface area (TPSA) is 12.0 Å². The summed E-state index contributed by atoms with van der Waals surface area (Å²) in [5, 5.41) is 3.15. The Morgan fingerprint density at radius 3 is 2.24 bits per heavy atom. The van der Waals surface area contributed by atoms with Gasteiger partial charge in [0.1, 0.15) is 0 Å². The van der Waals surface area contributed by atoms with Gasteiger partial charge in [-0.2, -0.15) is 13.2 Å². The average Bonchev–Trinajstić information content (AvgIpc) is 2.45. The van der Waals surface area contributed by atoms with Crippen molar-refractivity contribution in [1.82, 2.24) is 5.32 Å². The van der Waals surface area contributed by atoms with Crippen molar-refractivity contribution in [1.29, 1.82) is 0 Å². The molecule has 0 radical (unpaired) electrons. The van der Waals surface area contributed by atoms with Gasteiger partial charge in [0, 0.05) is 12.6 Å². The molecule has 0 fully saturated rings. The van der Waals surface area contributed by atoms with E-state index in [1.807, 2.05) is 38.1 Å². The van der Waals surface area contributed by atoms with Crippen molar-refractivity contribution in [3.05, 3.63) is 70.8 Å². The predicted molar refractivity (Wildman–Crippen MR) is 77.9 cm³/mol. The lowest BCUT2D eigenvalue weighted by Crippen LogP contribution is -2.20. The lowest BCUT2D eigenvalue weighted by atomic mass is 10.0. The first-order valence-corrected chi connectivity index (χ1v) is 6.83. The van der Waals surface area contributed by atoms with Crippen molar-refractivity contribution in [3.63, 3.8) is 0 Å². The molecule has 0 heterocycles. The fourth-order valence-electron chi connectivity index (χ4n) is 2.19. The highest BCUT2D eigenvalue weighted by Crippen LogP contribution is 2.32. The van der Waals surface area contributed by atoms with Crippen molar-refractivity contribution in [2.24, 2.45) is 0 Å². The van der Waals surface area contributed by atoms with E-state index < -0.39 is 11.7 Å². The predicted octanol–water partition coefficient (Wildman–Crippen LogP) is 4.86. The molecule has 4 heteroatoms. The minimum absolute atomic E-state index is 0.00751. The molecule has 2 aromatic rings. The fourth-order valence-corrected chi connectivity index (χ4v) is 2.19. The van der Waals surface area contributed by atoms with E-state index >= 15 is 0 Å². The zero-order valence-corrected chi connectivity index (χ0v) is 12.0. The Labute approximate surface area is 122 Å². The van der Waals surface area contributed by atoms with Gasteiger partial charge in [0.05, 0.1) is 5.56 Å². The maximum Gasteiger partial charge on any atom is 0.416 e. The molecule has 112 valence electrons. The van der Waals surface area contributed by atoms with Crippen LogP contribution in [0.3, 0.4) is 0 Å². The molecule has 0 bridgehead atoms. The number of halogens is 3. The molecule has 0 aromatic heterocycles. The van der Waals surface area contributed by atoms with Crippen LogP contribution in [0.2, 0.25) is 0 Å². The molecule has 0 aliphatic rings. The Morgan fingerprint density at radius 2 is 1.62 bits per heavy atom. The fraction of sp³-hybridized carbons (Fsp3) is 0.294. The van der Waals surface area contributed by atoms with E-state index in [1.54, 1.807) is 6.07 Å². The molecule has 0 aliphatic carbocycles. The third kappa shape index (κ3) is 4.08. The molecule has 1 unspecified atom stereocenters. The van der Waals surface area contributed by atoms with Crippen LogP contribution in [0, 0.1) is 6.92 Å². The second-order valence-corrected chi connectivity index (χ2v) is 5.17. The van der Waals surface area contributed by atoms with E-state index in [2.05, 4.69) is 5.32 Å². The van der Waals surface area contributed by atoms with Crippen molar-refractivity contribution in [2.75, 3.05) is 0 Å². The Hall–Kier alpha value is -1.81. The molecule has 2 aromatic carbocycles. The average molecular weight is 293 g/mol. The monoisotopic (exact) mass is 293 g/mol. The van der Waals surface area contributed by atoms with Crippen LogP contribution in [-0.4, -0.2) is 0 Å². The number of benzene rings is 2. The third-order valence-electron chi connectivity index (χ3n) is 3.50. The normalized spacial score (nSPS) is 13.2. The number of alkyl halides is 3. The van der Waals surface area contributed by atoms with Gasteiger partial charge in [-0.1, -0.05) is 48.0 Å². The molecule has 0 amide bonds. The van der Waals surface area contributed by atoms with Crippen LogP contribution in [0.5, 0.6) is 0 Å². The Bertz CT molecular complexity index is 588. The zero-order valence-electron chi connectivity index (χ0n) is 12.0. The van der Waals surface area contributed by atoms with Gasteiger partial charge in [-0.25, -0.2) is 0 Å². The van der Waals surface area contributed by atoms with E-state index in [0.717, 1.165) is 17.2 Å². The highest BCUT2D eigenvalue weighted by molar-refractivity contribution is 5.30. The van der Waals surface area contributed by atoms with Gasteiger partial charge < -0.3 is 5.32 Å². The summed E-state index contributed by atoms with van der Waals surface area (Å²) < 4.78 is 38.7. The van der Waals surface area contributed by atoms with Gasteiger partial charge in [0.15, 0.2) is 0 Å². The minimum Gasteiger partial charge on any atom is -0.306 e. The molecule has 1 N–H and O–H groups in total. The molecule has 0 saturated heterocycles. The maximum absolute atomic E-state index is 12.9. The molecule has 1 nitrogen and oxygen atoms in total. The Kier molecular flexibility index (Phi) is 4.68. The number of hydrogen-bond donors (Lipinski definition) is 1. The summed E-state index contributed by atoms with van der Waals surface area (Å²) in [7, 11) is 0. The molecule has 1 atom stereocenters. The highest BCUT2D eigenvalue weighted by atomic mass is 19.4. The summed E-state index contributed by atoms with van der Waals surface area (Å²) in [6, 6.07) is 13.6. The molecule has 0 saturated carbocycles. The van der Waals surface area contributed by atoms with E-state index in [-0.39, 0.29) is 18.2 Å². The smallest absolute Gasteiger partial charge is 0.306 e. The van der Waals surface area contributed by atoms with Gasteiger partial charge in [0.2, 0.25) is 0 Å². The first kappa shape index (κ1) is 15.6. The first-order chi connectivity index (χ1) is 9.88. The van der Waals surface area contributed by atoms with Crippen LogP contribution >= 0.6 is 0 Å². The SMILES string of the molecule is Cc1ccc(C(C)NCc2ccccc2C(F)(F)F)cc1. The van der Waals surface area contributed by atoms with Crippen molar-refractivity contribution >= 4 is 0 Å². The summed E-state index contributed by atoms with van der Waals surface area (Å²) in [5.74, 6) is 0. The summed E-state index contributed by atoms with van der Waals surface area (Å²) in [6.45, 7) is 4.13. The van der Waals surface area contributed by atoms with Crippen LogP contribution in [0.15, 0.2) is 48.5 Å². The first-order valence-electron chi connectivity index (χ1n) is 6.83. The van der Waals surface area contributed by atoms with Crippen LogP contribution in [0.4, 0.5) is 13.2 Å². The standard InChI is InChI=1S/C17H18F3N/c1-12-7-9-14(10-8-12)13(2)21-11-15-5-3-4-6-16(15)17(18,19)20/h3-10,13,21H,11H2,1-2H3. The van der Waals surface area contributed by atoms with E-state index in [4.69, 9.17) is 0 Å². The lowest BCUT2D eigenvalue weighted by molar-refractivity contribution is -0.138. The van der Waals surface area contributed by atoms with Gasteiger partial charge in [-0.15, -0.1) is 0 Å². The van der Waals surface area contributed by atoms with E-state index in [0.29, 0.717) is 0 Å². The Balaban J connectivity index is 2.08. The van der Waals surface area contributed by atoms with Crippen molar-refractivity contribution in [2.45, 2.75) is 32.6 Å². The number of rotatable bonds is 4. The molecular formula is C17H18F3N. The molecular weight excluding hydrogens is 275 g/mol. The van der Waals surface area contributed by atoms with Gasteiger partial charge in [0.25, 0.3) is 0 Å². The number of aryl methyl sites for hydroxylation is 1. The zero-order chi connectivity index (χ0) is 15.5. The van der Waals surface area contributed by atoms with Crippen LogP contribution in [-0.2, 0) is 12.7 Å². The molecule has 0 spiro atoms. The number of nitrogens with one attached hydrogen (secondary N) is 1. The third-order valence-corrected chi connectivity index (χ3v) is 3.50. The second-order valence-electron chi connectivity index (χ2n) is 5.17. The maximum atomic E-state index is 12.9. The number of hydrogen-bond acceptors (Lipinski definition) is 1. The molecule has 2 rings (SSSR count). The minimum atomic E-state index is -4.31. The largest absolute Gasteiger partial charge is 0.416 e. The molecule has 0 aliphatic heterocycles. The second kappa shape index (κ2) is 6.31. The highest BCUT2D eigenvalue weighted by Gasteiger charge is 2.32. The van der Waals surface area contributed by atoms with Gasteiger partial charge in [-0.05, 0) is 31.0 Å². The van der Waals surface area contributed by atoms with Crippen LogP contribution < -0.4 is 5.32 Å². The summed E-state index contributed by atoms with van der Waals surface area (Å²) >= 11 is 0. The van der Waals surface area contributed by atoms with Gasteiger partial charge >= 0.3 is 6.18 Å². The molecule has 21 heavy (non-hydrogen) atoms. The van der Waals surface area contributed by atoms with Crippen LogP contribution in [0.25, 0.3) is 0 Å².